The molecule has 11 heteroatoms. The summed E-state index contributed by atoms with van der Waals surface area (Å²) < 4.78 is 33.1. The van der Waals surface area contributed by atoms with Gasteiger partial charge >= 0.3 is 27.3 Å². The molecule has 1 saturated heterocycles. The van der Waals surface area contributed by atoms with Gasteiger partial charge in [0.1, 0.15) is 6.61 Å². The molecule has 1 fully saturated rings. The van der Waals surface area contributed by atoms with Gasteiger partial charge in [-0.1, -0.05) is 48.5 Å². The van der Waals surface area contributed by atoms with Gasteiger partial charge in [0.25, 0.3) is 0 Å². The number of nitrogens with zero attached hydrogens (tertiary/aromatic N) is 2. The van der Waals surface area contributed by atoms with Crippen molar-refractivity contribution >= 4 is 33.0 Å². The average molecular weight is 530 g/mol. The Morgan fingerprint density at radius 2 is 1.68 bits per heavy atom. The van der Waals surface area contributed by atoms with Gasteiger partial charge in [-0.05, 0) is 43.4 Å². The molecule has 10 nitrogen and oxygen atoms in total. The number of sulfonamides is 1. The summed E-state index contributed by atoms with van der Waals surface area (Å²) >= 11 is 0. The maximum absolute atomic E-state index is 13.4. The summed E-state index contributed by atoms with van der Waals surface area (Å²) in [6, 6.07) is 14.9. The molecular formula is C26H31N3O7S. The molecular weight excluding hydrogens is 498 g/mol. The van der Waals surface area contributed by atoms with Crippen molar-refractivity contribution in [2.45, 2.75) is 38.8 Å². The Morgan fingerprint density at radius 3 is 2.35 bits per heavy atom. The molecule has 0 aromatic heterocycles. The van der Waals surface area contributed by atoms with E-state index < -0.39 is 33.3 Å². The number of rotatable bonds is 6. The van der Waals surface area contributed by atoms with E-state index >= 15 is 0 Å². The van der Waals surface area contributed by atoms with Crippen LogP contribution in [0.1, 0.15) is 30.9 Å². The Morgan fingerprint density at radius 1 is 1.03 bits per heavy atom. The Balaban J connectivity index is 1.45. The van der Waals surface area contributed by atoms with Crippen LogP contribution in [-0.4, -0.2) is 61.4 Å². The number of nitrogens with one attached hydrogen (secondary N) is 1. The van der Waals surface area contributed by atoms with Gasteiger partial charge in [0.05, 0.1) is 11.6 Å². The van der Waals surface area contributed by atoms with Gasteiger partial charge in [-0.25, -0.2) is 9.59 Å². The molecule has 0 spiro atoms. The Kier molecular flexibility index (Phi) is 8.01. The first-order valence-electron chi connectivity index (χ1n) is 12.3. The number of carbonyl (C=O) groups excluding carboxylic acids is 2. The summed E-state index contributed by atoms with van der Waals surface area (Å²) in [6.07, 6.45) is 1.31. The third kappa shape index (κ3) is 5.87. The lowest BCUT2D eigenvalue weighted by molar-refractivity contribution is -0.143. The van der Waals surface area contributed by atoms with Crippen LogP contribution in [0, 0.1) is 11.8 Å². The number of fused-ring (bicyclic) bond motifs is 1. The summed E-state index contributed by atoms with van der Waals surface area (Å²) in [4.78, 5) is 38.3. The van der Waals surface area contributed by atoms with E-state index in [0.29, 0.717) is 43.6 Å². The summed E-state index contributed by atoms with van der Waals surface area (Å²) in [5, 5.41) is 10.7. The third-order valence-corrected chi connectivity index (χ3v) is 8.67. The van der Waals surface area contributed by atoms with Crippen molar-refractivity contribution in [3.63, 3.8) is 0 Å². The maximum atomic E-state index is 13.4. The lowest BCUT2D eigenvalue weighted by atomic mass is 9.88. The molecule has 2 atom stereocenters. The van der Waals surface area contributed by atoms with Crippen molar-refractivity contribution in [1.82, 2.24) is 10.2 Å². The van der Waals surface area contributed by atoms with Gasteiger partial charge in [-0.2, -0.15) is 8.42 Å². The number of amides is 2. The van der Waals surface area contributed by atoms with Gasteiger partial charge in [-0.15, -0.1) is 0 Å². The first kappa shape index (κ1) is 26.5. The molecule has 2 aromatic rings. The Hall–Kier alpha value is -3.60. The SMILES string of the molecule is C[C@@H]1[C@H](CNC(=O)N2CCC(C(=O)O)CC2)Cc2ccccc2N1S(=O)(=O)C(=O)OCc1ccccc1. The van der Waals surface area contributed by atoms with Gasteiger partial charge in [0.15, 0.2) is 0 Å². The van der Waals surface area contributed by atoms with E-state index in [0.717, 1.165) is 9.87 Å². The molecule has 37 heavy (non-hydrogen) atoms. The fraction of sp³-hybridized carbons (Fsp3) is 0.423. The van der Waals surface area contributed by atoms with Gasteiger partial charge in [0, 0.05) is 31.6 Å². The smallest absolute Gasteiger partial charge is 0.445 e. The number of piperidine rings is 1. The molecule has 2 amide bonds. The molecule has 0 bridgehead atoms. The van der Waals surface area contributed by atoms with E-state index in [2.05, 4.69) is 5.32 Å². The quantitative estimate of drug-likeness (QED) is 0.549. The zero-order valence-electron chi connectivity index (χ0n) is 20.6. The Labute approximate surface area is 216 Å². The molecule has 2 N–H and O–H groups in total. The van der Waals surface area contributed by atoms with Crippen LogP contribution in [0.4, 0.5) is 15.3 Å². The number of carboxylic acids is 1. The van der Waals surface area contributed by atoms with E-state index in [9.17, 15) is 22.8 Å². The Bertz CT molecular complexity index is 1240. The van der Waals surface area contributed by atoms with Crippen LogP contribution in [-0.2, 0) is 32.6 Å². The van der Waals surface area contributed by atoms with E-state index in [-0.39, 0.29) is 25.1 Å². The van der Waals surface area contributed by atoms with E-state index in [1.807, 2.05) is 12.1 Å². The normalized spacial score (nSPS) is 20.1. The number of likely N-dealkylation sites (tertiary alicyclic amines) is 1. The number of carboxylic acid groups (broad SMARTS) is 1. The number of carbonyl (C=O) groups is 3. The number of anilines is 1. The predicted octanol–water partition coefficient (Wildman–Crippen LogP) is 3.23. The third-order valence-electron chi connectivity index (χ3n) is 7.08. The van der Waals surface area contributed by atoms with Crippen LogP contribution in [0.2, 0.25) is 0 Å². The van der Waals surface area contributed by atoms with Crippen molar-refractivity contribution in [3.05, 3.63) is 65.7 Å². The summed E-state index contributed by atoms with van der Waals surface area (Å²) in [6.45, 7) is 2.44. The van der Waals surface area contributed by atoms with Crippen molar-refractivity contribution in [3.8, 4) is 0 Å². The molecule has 0 unspecified atom stereocenters. The molecule has 4 rings (SSSR count). The lowest BCUT2D eigenvalue weighted by Gasteiger charge is -2.40. The van der Waals surface area contributed by atoms with Gasteiger partial charge in [0.2, 0.25) is 0 Å². The molecule has 2 aliphatic heterocycles. The second kappa shape index (κ2) is 11.2. The number of benzene rings is 2. The van der Waals surface area contributed by atoms with E-state index in [1.165, 1.54) is 0 Å². The molecule has 0 saturated carbocycles. The monoisotopic (exact) mass is 529 g/mol. The summed E-state index contributed by atoms with van der Waals surface area (Å²) in [5.74, 6) is -1.59. The second-order valence-corrected chi connectivity index (χ2v) is 11.1. The highest BCUT2D eigenvalue weighted by molar-refractivity contribution is 8.06. The van der Waals surface area contributed by atoms with Crippen molar-refractivity contribution in [1.29, 1.82) is 0 Å². The van der Waals surface area contributed by atoms with Crippen LogP contribution in [0.15, 0.2) is 54.6 Å². The van der Waals surface area contributed by atoms with Crippen molar-refractivity contribution < 1.29 is 32.6 Å². The van der Waals surface area contributed by atoms with Crippen LogP contribution in [0.3, 0.4) is 0 Å². The summed E-state index contributed by atoms with van der Waals surface area (Å²) in [7, 11) is -4.51. The van der Waals surface area contributed by atoms with Crippen LogP contribution < -0.4 is 9.62 Å². The van der Waals surface area contributed by atoms with Crippen LogP contribution in [0.25, 0.3) is 0 Å². The minimum absolute atomic E-state index is 0.166. The zero-order chi connectivity index (χ0) is 26.6. The molecule has 2 heterocycles. The second-order valence-electron chi connectivity index (χ2n) is 9.44. The van der Waals surface area contributed by atoms with Crippen molar-refractivity contribution in [2.75, 3.05) is 23.9 Å². The first-order chi connectivity index (χ1) is 17.7. The van der Waals surface area contributed by atoms with E-state index in [4.69, 9.17) is 9.84 Å². The van der Waals surface area contributed by atoms with Gasteiger partial charge in [-0.3, -0.25) is 9.10 Å². The topological polar surface area (TPSA) is 133 Å². The summed E-state index contributed by atoms with van der Waals surface area (Å²) in [5.41, 5.74) is 1.85. The number of aliphatic carboxylic acids is 1. The molecule has 198 valence electrons. The highest BCUT2D eigenvalue weighted by Gasteiger charge is 2.43. The first-order valence-corrected chi connectivity index (χ1v) is 13.7. The molecule has 2 aliphatic rings. The van der Waals surface area contributed by atoms with Crippen molar-refractivity contribution in [2.24, 2.45) is 11.8 Å². The lowest BCUT2D eigenvalue weighted by Crippen LogP contribution is -2.53. The fourth-order valence-corrected chi connectivity index (χ4v) is 6.30. The van der Waals surface area contributed by atoms with Crippen LogP contribution in [0.5, 0.6) is 0 Å². The molecule has 2 aromatic carbocycles. The minimum Gasteiger partial charge on any atom is -0.481 e. The maximum Gasteiger partial charge on any atom is 0.445 e. The average Bonchev–Trinajstić information content (AvgIpc) is 2.90. The largest absolute Gasteiger partial charge is 0.481 e. The molecule has 0 aliphatic carbocycles. The number of hydrogen-bond acceptors (Lipinski definition) is 6. The highest BCUT2D eigenvalue weighted by atomic mass is 32.2. The number of hydrogen-bond donors (Lipinski definition) is 2. The predicted molar refractivity (Wildman–Crippen MR) is 136 cm³/mol. The fourth-order valence-electron chi connectivity index (χ4n) is 4.88. The van der Waals surface area contributed by atoms with Crippen LogP contribution >= 0.6 is 0 Å². The number of para-hydroxylation sites is 1. The number of urea groups is 1. The zero-order valence-corrected chi connectivity index (χ0v) is 21.4. The standard InChI is InChI=1S/C26H31N3O7S/c1-18-22(16-27-25(32)28-13-11-20(12-14-28)24(30)31)15-21-9-5-6-10-23(21)29(18)37(34,35)26(33)36-17-19-7-3-2-4-8-19/h2-10,18,20,22H,11-17H2,1H3,(H,27,32)(H,30,31)/t18-,22+/m1/s1. The number of ether oxygens (including phenoxy) is 1. The molecule has 0 radical (unpaired) electrons. The van der Waals surface area contributed by atoms with E-state index in [1.54, 1.807) is 54.3 Å². The highest BCUT2D eigenvalue weighted by Crippen LogP contribution is 2.36. The van der Waals surface area contributed by atoms with Gasteiger partial charge < -0.3 is 20.1 Å². The minimum atomic E-state index is -4.51.